The monoisotopic (exact) mass is 313 g/mol. The smallest absolute Gasteiger partial charge is 0.316 e. The highest BCUT2D eigenvalue weighted by atomic mass is 19.1. The lowest BCUT2D eigenvalue weighted by Gasteiger charge is -2.04. The summed E-state index contributed by atoms with van der Waals surface area (Å²) < 4.78 is 20.2. The molecule has 0 bridgehead atoms. The fourth-order valence-corrected chi connectivity index (χ4v) is 2.10. The predicted octanol–water partition coefficient (Wildman–Crippen LogP) is 2.65. The first-order chi connectivity index (χ1) is 11.2. The van der Waals surface area contributed by atoms with Crippen LogP contribution < -0.4 is 4.74 Å². The van der Waals surface area contributed by atoms with Crippen LogP contribution in [0, 0.1) is 12.7 Å². The zero-order valence-electron chi connectivity index (χ0n) is 12.9. The second-order valence-corrected chi connectivity index (χ2v) is 5.10. The summed E-state index contributed by atoms with van der Waals surface area (Å²) in [6, 6.07) is 4.81. The fraction of sp³-hybridized carbons (Fsp3) is 0.250. The summed E-state index contributed by atoms with van der Waals surface area (Å²) in [7, 11) is 0. The van der Waals surface area contributed by atoms with E-state index in [0.717, 1.165) is 23.2 Å². The lowest BCUT2D eigenvalue weighted by Crippen LogP contribution is -2.00. The molecule has 0 radical (unpaired) electrons. The minimum absolute atomic E-state index is 0.214. The molecule has 0 saturated carbocycles. The summed E-state index contributed by atoms with van der Waals surface area (Å²) >= 11 is 0. The van der Waals surface area contributed by atoms with E-state index in [2.05, 4.69) is 20.3 Å². The fourth-order valence-electron chi connectivity index (χ4n) is 2.10. The molecule has 7 heteroatoms. The molecule has 0 aliphatic heterocycles. The molecule has 118 valence electrons. The Bertz CT molecular complexity index is 800. The van der Waals surface area contributed by atoms with Gasteiger partial charge in [0.15, 0.2) is 0 Å². The molecule has 3 aromatic rings. The van der Waals surface area contributed by atoms with Crippen LogP contribution in [0.3, 0.4) is 0 Å². The molecular formula is C16H16FN5O. The molecule has 0 saturated heterocycles. The summed E-state index contributed by atoms with van der Waals surface area (Å²) in [5, 5.41) is 8.08. The van der Waals surface area contributed by atoms with E-state index in [0.29, 0.717) is 11.7 Å². The van der Waals surface area contributed by atoms with Crippen molar-refractivity contribution in [3.8, 4) is 11.7 Å². The van der Waals surface area contributed by atoms with Gasteiger partial charge in [0.25, 0.3) is 0 Å². The third-order valence-corrected chi connectivity index (χ3v) is 3.39. The molecule has 0 aliphatic carbocycles. The molecule has 0 fully saturated rings. The Morgan fingerprint density at radius 3 is 2.70 bits per heavy atom. The van der Waals surface area contributed by atoms with Crippen LogP contribution in [-0.4, -0.2) is 25.0 Å². The van der Waals surface area contributed by atoms with Crippen LogP contribution in [0.25, 0.3) is 5.69 Å². The standard InChI is InChI=1S/C16H16FN5O/c1-3-12-7-18-16(19-8-12)23-10-14-9-22(21-20-14)15-5-4-13(17)6-11(15)2/h4-9H,3,10H2,1-2H3. The number of hydrogen-bond donors (Lipinski definition) is 0. The van der Waals surface area contributed by atoms with E-state index in [4.69, 9.17) is 4.74 Å². The normalized spacial score (nSPS) is 10.7. The third kappa shape index (κ3) is 3.50. The van der Waals surface area contributed by atoms with Gasteiger partial charge < -0.3 is 4.74 Å². The number of aryl methyl sites for hydroxylation is 2. The predicted molar refractivity (Wildman–Crippen MR) is 81.8 cm³/mol. The van der Waals surface area contributed by atoms with Crippen molar-refractivity contribution in [2.75, 3.05) is 0 Å². The van der Waals surface area contributed by atoms with Crippen LogP contribution in [0.2, 0.25) is 0 Å². The van der Waals surface area contributed by atoms with Crippen LogP contribution in [0.1, 0.15) is 23.7 Å². The lowest BCUT2D eigenvalue weighted by molar-refractivity contribution is 0.276. The van der Waals surface area contributed by atoms with Gasteiger partial charge in [-0.15, -0.1) is 5.10 Å². The Balaban J connectivity index is 1.69. The molecule has 0 spiro atoms. The number of nitrogens with zero attached hydrogens (tertiary/aromatic N) is 5. The zero-order chi connectivity index (χ0) is 16.2. The maximum absolute atomic E-state index is 13.2. The van der Waals surface area contributed by atoms with Crippen molar-refractivity contribution >= 4 is 0 Å². The van der Waals surface area contributed by atoms with Crippen LogP contribution in [0.4, 0.5) is 4.39 Å². The van der Waals surface area contributed by atoms with Gasteiger partial charge in [-0.3, -0.25) is 0 Å². The summed E-state index contributed by atoms with van der Waals surface area (Å²) in [6.45, 7) is 4.07. The molecular weight excluding hydrogens is 297 g/mol. The Morgan fingerprint density at radius 1 is 1.22 bits per heavy atom. The SMILES string of the molecule is CCc1cnc(OCc2cn(-c3ccc(F)cc3C)nn2)nc1. The van der Waals surface area contributed by atoms with Crippen molar-refractivity contribution in [2.45, 2.75) is 26.9 Å². The molecule has 0 aliphatic rings. The Kier molecular flexibility index (Phi) is 4.27. The van der Waals surface area contributed by atoms with Crippen LogP contribution >= 0.6 is 0 Å². The highest BCUT2D eigenvalue weighted by Crippen LogP contribution is 2.15. The van der Waals surface area contributed by atoms with Gasteiger partial charge in [0, 0.05) is 12.4 Å². The molecule has 23 heavy (non-hydrogen) atoms. The highest BCUT2D eigenvalue weighted by molar-refractivity contribution is 5.39. The van der Waals surface area contributed by atoms with Crippen LogP contribution in [0.5, 0.6) is 6.01 Å². The maximum Gasteiger partial charge on any atom is 0.316 e. The Morgan fingerprint density at radius 2 is 2.00 bits per heavy atom. The number of rotatable bonds is 5. The van der Waals surface area contributed by atoms with E-state index in [-0.39, 0.29) is 12.4 Å². The topological polar surface area (TPSA) is 65.7 Å². The summed E-state index contributed by atoms with van der Waals surface area (Å²) in [4.78, 5) is 8.25. The quantitative estimate of drug-likeness (QED) is 0.724. The van der Waals surface area contributed by atoms with E-state index in [1.165, 1.54) is 12.1 Å². The molecule has 6 nitrogen and oxygen atoms in total. The number of benzene rings is 1. The maximum atomic E-state index is 13.2. The van der Waals surface area contributed by atoms with Gasteiger partial charge in [-0.1, -0.05) is 12.1 Å². The highest BCUT2D eigenvalue weighted by Gasteiger charge is 2.07. The summed E-state index contributed by atoms with van der Waals surface area (Å²) in [6.07, 6.45) is 6.09. The molecule has 2 heterocycles. The summed E-state index contributed by atoms with van der Waals surface area (Å²) in [5.74, 6) is -0.275. The molecule has 0 atom stereocenters. The molecule has 3 rings (SSSR count). The molecule has 0 N–H and O–H groups in total. The van der Waals surface area contributed by atoms with E-state index < -0.39 is 0 Å². The number of aromatic nitrogens is 5. The van der Waals surface area contributed by atoms with Gasteiger partial charge >= 0.3 is 6.01 Å². The average Bonchev–Trinajstić information content (AvgIpc) is 3.02. The molecule has 0 amide bonds. The minimum Gasteiger partial charge on any atom is -0.457 e. The first-order valence-electron chi connectivity index (χ1n) is 7.27. The van der Waals surface area contributed by atoms with Gasteiger partial charge in [-0.2, -0.15) is 0 Å². The van der Waals surface area contributed by atoms with E-state index >= 15 is 0 Å². The van der Waals surface area contributed by atoms with Crippen molar-refractivity contribution in [1.29, 1.82) is 0 Å². The van der Waals surface area contributed by atoms with Gasteiger partial charge in [-0.25, -0.2) is 19.0 Å². The first-order valence-corrected chi connectivity index (χ1v) is 7.27. The van der Waals surface area contributed by atoms with E-state index in [9.17, 15) is 4.39 Å². The molecule has 0 unspecified atom stereocenters. The first kappa shape index (κ1) is 15.1. The van der Waals surface area contributed by atoms with Crippen molar-refractivity contribution in [2.24, 2.45) is 0 Å². The minimum atomic E-state index is -0.275. The second-order valence-electron chi connectivity index (χ2n) is 5.10. The van der Waals surface area contributed by atoms with Crippen LogP contribution in [-0.2, 0) is 13.0 Å². The average molecular weight is 313 g/mol. The zero-order valence-corrected chi connectivity index (χ0v) is 12.9. The molecule has 1 aromatic carbocycles. The van der Waals surface area contributed by atoms with E-state index in [1.807, 2.05) is 13.8 Å². The second kappa shape index (κ2) is 6.51. The van der Waals surface area contributed by atoms with Crippen molar-refractivity contribution in [1.82, 2.24) is 25.0 Å². The Labute approximate surface area is 133 Å². The van der Waals surface area contributed by atoms with Gasteiger partial charge in [0.2, 0.25) is 0 Å². The van der Waals surface area contributed by atoms with Gasteiger partial charge in [0.05, 0.1) is 11.9 Å². The molecule has 2 aromatic heterocycles. The van der Waals surface area contributed by atoms with Gasteiger partial charge in [-0.05, 0) is 42.7 Å². The number of halogens is 1. The summed E-state index contributed by atoms with van der Waals surface area (Å²) in [5.41, 5.74) is 3.24. The van der Waals surface area contributed by atoms with Crippen LogP contribution in [0.15, 0.2) is 36.8 Å². The van der Waals surface area contributed by atoms with E-state index in [1.54, 1.807) is 29.3 Å². The third-order valence-electron chi connectivity index (χ3n) is 3.39. The number of ether oxygens (including phenoxy) is 1. The van der Waals surface area contributed by atoms with Crippen molar-refractivity contribution < 1.29 is 9.13 Å². The largest absolute Gasteiger partial charge is 0.457 e. The Hall–Kier alpha value is -2.83. The van der Waals surface area contributed by atoms with Gasteiger partial charge in [0.1, 0.15) is 18.1 Å². The van der Waals surface area contributed by atoms with Crippen molar-refractivity contribution in [3.05, 3.63) is 59.4 Å². The number of hydrogen-bond acceptors (Lipinski definition) is 5. The lowest BCUT2D eigenvalue weighted by atomic mass is 10.2. The van der Waals surface area contributed by atoms with Crippen molar-refractivity contribution in [3.63, 3.8) is 0 Å².